The molecule has 0 unspecified atom stereocenters. The third kappa shape index (κ3) is 2.58. The van der Waals surface area contributed by atoms with Gasteiger partial charge in [0.1, 0.15) is 0 Å². The largest absolute Gasteiger partial charge is 0.339 e. The standard InChI is InChI=1S/C15H20N4O/c16-11-15(6-2-1-3-7-15)14-18-13(19-20-14)9-12-5-4-8-17-10-12/h4-5,8,10H,1-3,6-7,9,11,16H2. The maximum absolute atomic E-state index is 5.99. The molecule has 1 aliphatic carbocycles. The first-order valence-corrected chi connectivity index (χ1v) is 7.24. The maximum Gasteiger partial charge on any atom is 0.234 e. The van der Waals surface area contributed by atoms with Crippen LogP contribution < -0.4 is 5.73 Å². The zero-order valence-electron chi connectivity index (χ0n) is 11.6. The first-order valence-electron chi connectivity index (χ1n) is 7.24. The predicted octanol–water partition coefficient (Wildman–Crippen LogP) is 2.22. The highest BCUT2D eigenvalue weighted by Crippen LogP contribution is 2.37. The summed E-state index contributed by atoms with van der Waals surface area (Å²) in [5, 5.41) is 4.11. The molecule has 2 aromatic heterocycles. The van der Waals surface area contributed by atoms with E-state index in [2.05, 4.69) is 15.1 Å². The van der Waals surface area contributed by atoms with Crippen molar-refractivity contribution in [1.29, 1.82) is 0 Å². The molecule has 2 heterocycles. The summed E-state index contributed by atoms with van der Waals surface area (Å²) in [7, 11) is 0. The molecule has 0 bridgehead atoms. The highest BCUT2D eigenvalue weighted by molar-refractivity contribution is 5.15. The normalized spacial score (nSPS) is 18.1. The Morgan fingerprint density at radius 3 is 2.80 bits per heavy atom. The predicted molar refractivity (Wildman–Crippen MR) is 75.2 cm³/mol. The van der Waals surface area contributed by atoms with E-state index in [0.29, 0.717) is 18.8 Å². The number of hydrogen-bond donors (Lipinski definition) is 1. The Bertz CT molecular complexity index is 546. The highest BCUT2D eigenvalue weighted by Gasteiger charge is 2.37. The topological polar surface area (TPSA) is 77.8 Å². The van der Waals surface area contributed by atoms with Crippen LogP contribution in [-0.2, 0) is 11.8 Å². The van der Waals surface area contributed by atoms with Crippen molar-refractivity contribution in [2.45, 2.75) is 43.9 Å². The molecule has 0 spiro atoms. The van der Waals surface area contributed by atoms with Crippen LogP contribution in [0, 0.1) is 0 Å². The third-order valence-electron chi connectivity index (χ3n) is 4.21. The van der Waals surface area contributed by atoms with Crippen LogP contribution in [0.5, 0.6) is 0 Å². The summed E-state index contributed by atoms with van der Waals surface area (Å²) in [6.45, 7) is 0.585. The first kappa shape index (κ1) is 13.2. The van der Waals surface area contributed by atoms with Crippen LogP contribution in [0.25, 0.3) is 0 Å². The van der Waals surface area contributed by atoms with Crippen LogP contribution in [-0.4, -0.2) is 21.7 Å². The molecule has 0 saturated heterocycles. The van der Waals surface area contributed by atoms with Crippen LogP contribution in [0.15, 0.2) is 29.0 Å². The van der Waals surface area contributed by atoms with Crippen LogP contribution in [0.4, 0.5) is 0 Å². The van der Waals surface area contributed by atoms with E-state index < -0.39 is 0 Å². The number of nitrogens with zero attached hydrogens (tertiary/aromatic N) is 3. The molecule has 106 valence electrons. The van der Waals surface area contributed by atoms with E-state index in [4.69, 9.17) is 10.3 Å². The van der Waals surface area contributed by atoms with Crippen molar-refractivity contribution in [3.8, 4) is 0 Å². The second kappa shape index (κ2) is 5.71. The number of aromatic nitrogens is 3. The van der Waals surface area contributed by atoms with Gasteiger partial charge >= 0.3 is 0 Å². The van der Waals surface area contributed by atoms with E-state index in [0.717, 1.165) is 24.3 Å². The van der Waals surface area contributed by atoms with Crippen LogP contribution in [0.3, 0.4) is 0 Å². The van der Waals surface area contributed by atoms with Gasteiger partial charge in [-0.3, -0.25) is 4.98 Å². The molecule has 2 aromatic rings. The monoisotopic (exact) mass is 272 g/mol. The Morgan fingerprint density at radius 2 is 2.10 bits per heavy atom. The highest BCUT2D eigenvalue weighted by atomic mass is 16.5. The van der Waals surface area contributed by atoms with Gasteiger partial charge in [-0.05, 0) is 24.5 Å². The van der Waals surface area contributed by atoms with Gasteiger partial charge in [-0.2, -0.15) is 4.98 Å². The number of hydrogen-bond acceptors (Lipinski definition) is 5. The average molecular weight is 272 g/mol. The van der Waals surface area contributed by atoms with Crippen molar-refractivity contribution in [2.24, 2.45) is 5.73 Å². The fourth-order valence-corrected chi connectivity index (χ4v) is 2.96. The van der Waals surface area contributed by atoms with E-state index in [1.165, 1.54) is 19.3 Å². The molecule has 0 amide bonds. The SMILES string of the molecule is NCC1(c2nc(Cc3cccnc3)no2)CCCCC1. The minimum Gasteiger partial charge on any atom is -0.339 e. The Hall–Kier alpha value is -1.75. The molecule has 2 N–H and O–H groups in total. The van der Waals surface area contributed by atoms with Gasteiger partial charge in [-0.25, -0.2) is 0 Å². The fraction of sp³-hybridized carbons (Fsp3) is 0.533. The van der Waals surface area contributed by atoms with Gasteiger partial charge in [-0.15, -0.1) is 0 Å². The van der Waals surface area contributed by atoms with Crippen LogP contribution >= 0.6 is 0 Å². The summed E-state index contributed by atoms with van der Waals surface area (Å²) in [6, 6.07) is 3.93. The third-order valence-corrected chi connectivity index (χ3v) is 4.21. The second-order valence-electron chi connectivity index (χ2n) is 5.60. The quantitative estimate of drug-likeness (QED) is 0.923. The zero-order chi connectivity index (χ0) is 13.8. The van der Waals surface area contributed by atoms with Gasteiger partial charge in [0.25, 0.3) is 0 Å². The van der Waals surface area contributed by atoms with Crippen molar-refractivity contribution in [3.63, 3.8) is 0 Å². The smallest absolute Gasteiger partial charge is 0.234 e. The molecule has 20 heavy (non-hydrogen) atoms. The maximum atomic E-state index is 5.99. The Kier molecular flexibility index (Phi) is 3.78. The van der Waals surface area contributed by atoms with Gasteiger partial charge in [0.05, 0.1) is 5.41 Å². The zero-order valence-corrected chi connectivity index (χ0v) is 11.6. The molecular formula is C15H20N4O. The number of nitrogens with two attached hydrogens (primary N) is 1. The lowest BCUT2D eigenvalue weighted by Crippen LogP contribution is -2.37. The van der Waals surface area contributed by atoms with E-state index in [-0.39, 0.29) is 5.41 Å². The van der Waals surface area contributed by atoms with Crippen molar-refractivity contribution in [2.75, 3.05) is 6.54 Å². The fourth-order valence-electron chi connectivity index (χ4n) is 2.96. The molecule has 1 saturated carbocycles. The molecule has 0 aromatic carbocycles. The van der Waals surface area contributed by atoms with Crippen LogP contribution in [0.2, 0.25) is 0 Å². The minimum atomic E-state index is -0.0988. The Balaban J connectivity index is 1.79. The van der Waals surface area contributed by atoms with Crippen molar-refractivity contribution >= 4 is 0 Å². The van der Waals surface area contributed by atoms with Gasteiger partial charge in [0, 0.05) is 25.4 Å². The number of rotatable bonds is 4. The van der Waals surface area contributed by atoms with Gasteiger partial charge in [0.2, 0.25) is 5.89 Å². The summed E-state index contributed by atoms with van der Waals surface area (Å²) in [4.78, 5) is 8.69. The Morgan fingerprint density at radius 1 is 1.25 bits per heavy atom. The van der Waals surface area contributed by atoms with Crippen molar-refractivity contribution in [1.82, 2.24) is 15.1 Å². The van der Waals surface area contributed by atoms with E-state index in [1.807, 2.05) is 18.3 Å². The van der Waals surface area contributed by atoms with Crippen molar-refractivity contribution in [3.05, 3.63) is 41.8 Å². The summed E-state index contributed by atoms with van der Waals surface area (Å²) < 4.78 is 5.51. The number of pyridine rings is 1. The lowest BCUT2D eigenvalue weighted by molar-refractivity contribution is 0.219. The summed E-state index contributed by atoms with van der Waals surface area (Å²) in [5.74, 6) is 1.44. The van der Waals surface area contributed by atoms with Crippen LogP contribution in [0.1, 0.15) is 49.4 Å². The summed E-state index contributed by atoms with van der Waals surface area (Å²) >= 11 is 0. The molecule has 0 radical (unpaired) electrons. The van der Waals surface area contributed by atoms with E-state index >= 15 is 0 Å². The lowest BCUT2D eigenvalue weighted by Gasteiger charge is -2.32. The lowest BCUT2D eigenvalue weighted by atomic mass is 9.74. The minimum absolute atomic E-state index is 0.0988. The van der Waals surface area contributed by atoms with Gasteiger partial charge < -0.3 is 10.3 Å². The molecule has 0 aliphatic heterocycles. The molecule has 5 heteroatoms. The van der Waals surface area contributed by atoms with Gasteiger partial charge in [-0.1, -0.05) is 30.5 Å². The molecule has 1 aliphatic rings. The van der Waals surface area contributed by atoms with Crippen molar-refractivity contribution < 1.29 is 4.52 Å². The molecule has 5 nitrogen and oxygen atoms in total. The average Bonchev–Trinajstić information content (AvgIpc) is 2.98. The molecule has 0 atom stereocenters. The first-order chi connectivity index (χ1) is 9.82. The molecular weight excluding hydrogens is 252 g/mol. The summed E-state index contributed by atoms with van der Waals surface area (Å²) in [6.07, 6.45) is 10.0. The van der Waals surface area contributed by atoms with Gasteiger partial charge in [0.15, 0.2) is 5.82 Å². The second-order valence-corrected chi connectivity index (χ2v) is 5.60. The molecule has 3 rings (SSSR count). The Labute approximate surface area is 118 Å². The summed E-state index contributed by atoms with van der Waals surface area (Å²) in [5.41, 5.74) is 6.98. The van der Waals surface area contributed by atoms with E-state index in [9.17, 15) is 0 Å². The van der Waals surface area contributed by atoms with E-state index in [1.54, 1.807) is 6.20 Å². The molecule has 1 fully saturated rings.